The van der Waals surface area contributed by atoms with Crippen molar-refractivity contribution in [3.8, 4) is 17.0 Å². The number of hydrogen-bond donors (Lipinski definition) is 2. The first kappa shape index (κ1) is 27.6. The Hall–Kier alpha value is -4.27. The standard InChI is InChI=1S/C34H40N6O3/c1-33(2,3)30-34(14-17-38(18-15-34)32(41)42)21-40(30)23-11-12-27(29(19-23)43-4)37-31-35-16-13-26(36-31)25-20-39(22-9-10-22)28-8-6-5-7-24(25)28/h5-8,11-13,16,19-20,22,30H,9-10,14-15,17-18,21H2,1-4H3,(H,41,42)(H,35,36,37). The van der Waals surface area contributed by atoms with Gasteiger partial charge in [0, 0.05) is 77.7 Å². The maximum absolute atomic E-state index is 11.5. The molecule has 1 spiro atoms. The van der Waals surface area contributed by atoms with E-state index in [1.54, 1.807) is 18.2 Å². The van der Waals surface area contributed by atoms with Crippen LogP contribution in [0.4, 0.5) is 22.1 Å². The van der Waals surface area contributed by atoms with Crippen LogP contribution in [-0.2, 0) is 0 Å². The lowest BCUT2D eigenvalue weighted by Gasteiger charge is -2.65. The maximum Gasteiger partial charge on any atom is 0.407 e. The minimum atomic E-state index is -0.814. The van der Waals surface area contributed by atoms with Gasteiger partial charge in [-0.1, -0.05) is 39.0 Å². The third kappa shape index (κ3) is 4.84. The van der Waals surface area contributed by atoms with Crippen LogP contribution in [0, 0.1) is 10.8 Å². The Labute approximate surface area is 252 Å². The van der Waals surface area contributed by atoms with Crippen LogP contribution < -0.4 is 15.0 Å². The predicted molar refractivity (Wildman–Crippen MR) is 169 cm³/mol. The van der Waals surface area contributed by atoms with Gasteiger partial charge in [0.1, 0.15) is 5.75 Å². The molecule has 0 bridgehead atoms. The molecule has 3 fully saturated rings. The minimum Gasteiger partial charge on any atom is -0.494 e. The van der Waals surface area contributed by atoms with E-state index in [9.17, 15) is 9.90 Å². The first-order valence-electron chi connectivity index (χ1n) is 15.3. The highest BCUT2D eigenvalue weighted by atomic mass is 16.5. The van der Waals surface area contributed by atoms with Crippen molar-refractivity contribution >= 4 is 34.3 Å². The molecule has 2 N–H and O–H groups in total. The molecular formula is C34H40N6O3. The molecule has 1 saturated carbocycles. The van der Waals surface area contributed by atoms with E-state index < -0.39 is 6.09 Å². The fourth-order valence-corrected chi connectivity index (χ4v) is 7.65. The third-order valence-corrected chi connectivity index (χ3v) is 9.60. The van der Waals surface area contributed by atoms with Crippen molar-refractivity contribution in [2.24, 2.45) is 10.8 Å². The predicted octanol–water partition coefficient (Wildman–Crippen LogP) is 7.18. The number of para-hydroxylation sites is 1. The molecule has 9 nitrogen and oxygen atoms in total. The molecule has 2 aromatic heterocycles. The van der Waals surface area contributed by atoms with E-state index >= 15 is 0 Å². The molecule has 4 heterocycles. The van der Waals surface area contributed by atoms with Gasteiger partial charge in [-0.2, -0.15) is 0 Å². The number of fused-ring (bicyclic) bond motifs is 1. The van der Waals surface area contributed by atoms with Crippen molar-refractivity contribution in [3.05, 3.63) is 60.9 Å². The second-order valence-corrected chi connectivity index (χ2v) is 13.5. The van der Waals surface area contributed by atoms with E-state index in [0.717, 1.165) is 47.8 Å². The number of nitrogens with one attached hydrogen (secondary N) is 1. The Balaban J connectivity index is 1.14. The van der Waals surface area contributed by atoms with Gasteiger partial charge in [-0.25, -0.2) is 14.8 Å². The Bertz CT molecular complexity index is 1680. The number of carbonyl (C=O) groups is 1. The Morgan fingerprint density at radius 1 is 1.09 bits per heavy atom. The summed E-state index contributed by atoms with van der Waals surface area (Å²) >= 11 is 0. The molecule has 1 unspecified atom stereocenters. The van der Waals surface area contributed by atoms with Gasteiger partial charge in [-0.15, -0.1) is 0 Å². The Morgan fingerprint density at radius 3 is 2.56 bits per heavy atom. The number of likely N-dealkylation sites (tertiary alicyclic amines) is 1. The summed E-state index contributed by atoms with van der Waals surface area (Å²) in [6, 6.07) is 17.7. The number of amides is 1. The monoisotopic (exact) mass is 580 g/mol. The van der Waals surface area contributed by atoms with Crippen molar-refractivity contribution in [3.63, 3.8) is 0 Å². The fraction of sp³-hybridized carbons (Fsp3) is 0.441. The average Bonchev–Trinajstić information content (AvgIpc) is 3.75. The van der Waals surface area contributed by atoms with Crippen LogP contribution in [-0.4, -0.2) is 63.4 Å². The van der Waals surface area contributed by atoms with Gasteiger partial charge in [0.2, 0.25) is 5.95 Å². The number of methoxy groups -OCH3 is 1. The smallest absolute Gasteiger partial charge is 0.407 e. The molecule has 7 rings (SSSR count). The molecule has 2 saturated heterocycles. The Morgan fingerprint density at radius 2 is 1.86 bits per heavy atom. The largest absolute Gasteiger partial charge is 0.494 e. The molecule has 1 amide bonds. The van der Waals surface area contributed by atoms with Crippen LogP contribution in [0.25, 0.3) is 22.2 Å². The number of piperidine rings is 1. The zero-order chi connectivity index (χ0) is 29.9. The lowest BCUT2D eigenvalue weighted by atomic mass is 9.57. The van der Waals surface area contributed by atoms with E-state index in [4.69, 9.17) is 9.72 Å². The highest BCUT2D eigenvalue weighted by Crippen LogP contribution is 2.55. The lowest BCUT2D eigenvalue weighted by molar-refractivity contribution is -0.00985. The van der Waals surface area contributed by atoms with Gasteiger partial charge >= 0.3 is 6.09 Å². The van der Waals surface area contributed by atoms with Gasteiger partial charge in [0.05, 0.1) is 18.5 Å². The summed E-state index contributed by atoms with van der Waals surface area (Å²) in [5.74, 6) is 1.25. The van der Waals surface area contributed by atoms with Crippen LogP contribution in [0.2, 0.25) is 0 Å². The van der Waals surface area contributed by atoms with E-state index in [1.165, 1.54) is 23.7 Å². The Kier molecular flexibility index (Phi) is 6.52. The molecule has 2 aromatic carbocycles. The van der Waals surface area contributed by atoms with Gasteiger partial charge < -0.3 is 29.5 Å². The normalized spacial score (nSPS) is 19.9. The molecule has 9 heteroatoms. The lowest BCUT2D eigenvalue weighted by Crippen LogP contribution is -2.71. The van der Waals surface area contributed by atoms with Gasteiger partial charge in [-0.3, -0.25) is 0 Å². The van der Waals surface area contributed by atoms with Gasteiger partial charge in [-0.05, 0) is 55.4 Å². The van der Waals surface area contributed by atoms with Crippen LogP contribution >= 0.6 is 0 Å². The summed E-state index contributed by atoms with van der Waals surface area (Å²) in [5, 5.41) is 14.1. The molecule has 43 heavy (non-hydrogen) atoms. The summed E-state index contributed by atoms with van der Waals surface area (Å²) in [4.78, 5) is 25.0. The molecule has 4 aromatic rings. The quantitative estimate of drug-likeness (QED) is 0.249. The summed E-state index contributed by atoms with van der Waals surface area (Å²) < 4.78 is 8.26. The van der Waals surface area contributed by atoms with Crippen molar-refractivity contribution in [1.82, 2.24) is 19.4 Å². The third-order valence-electron chi connectivity index (χ3n) is 9.60. The second kappa shape index (κ2) is 10.2. The van der Waals surface area contributed by atoms with Gasteiger partial charge in [0.25, 0.3) is 0 Å². The number of nitrogens with zero attached hydrogens (tertiary/aromatic N) is 5. The highest BCUT2D eigenvalue weighted by Gasteiger charge is 2.58. The highest BCUT2D eigenvalue weighted by molar-refractivity contribution is 5.95. The molecule has 0 radical (unpaired) electrons. The first-order chi connectivity index (χ1) is 20.7. The van der Waals surface area contributed by atoms with Crippen LogP contribution in [0.15, 0.2) is 60.9 Å². The molecule has 1 aliphatic carbocycles. The van der Waals surface area contributed by atoms with Crippen molar-refractivity contribution < 1.29 is 14.6 Å². The molecule has 224 valence electrons. The molecule has 2 aliphatic heterocycles. The summed E-state index contributed by atoms with van der Waals surface area (Å²) in [5.41, 5.74) is 5.31. The molecular weight excluding hydrogens is 540 g/mol. The molecule has 3 aliphatic rings. The van der Waals surface area contributed by atoms with Crippen molar-refractivity contribution in [2.45, 2.75) is 58.5 Å². The van der Waals surface area contributed by atoms with Crippen LogP contribution in [0.5, 0.6) is 5.75 Å². The topological polar surface area (TPSA) is 95.8 Å². The zero-order valence-electron chi connectivity index (χ0n) is 25.4. The number of benzene rings is 2. The average molecular weight is 581 g/mol. The SMILES string of the molecule is COc1cc(N2CC3(CCN(C(=O)O)CC3)C2C(C)(C)C)ccc1Nc1nccc(-c2cn(C3CC3)c3ccccc23)n1. The van der Waals surface area contributed by atoms with E-state index in [1.807, 2.05) is 12.1 Å². The summed E-state index contributed by atoms with van der Waals surface area (Å²) in [6.45, 7) is 8.97. The maximum atomic E-state index is 11.5. The second-order valence-electron chi connectivity index (χ2n) is 13.5. The number of hydrogen-bond acceptors (Lipinski definition) is 6. The number of ether oxygens (including phenoxy) is 1. The fourth-order valence-electron chi connectivity index (χ4n) is 7.65. The van der Waals surface area contributed by atoms with Gasteiger partial charge in [0.15, 0.2) is 0 Å². The number of aromatic nitrogens is 3. The minimum absolute atomic E-state index is 0.0324. The van der Waals surface area contributed by atoms with Crippen molar-refractivity contribution in [1.29, 1.82) is 0 Å². The summed E-state index contributed by atoms with van der Waals surface area (Å²) in [6.07, 6.45) is 7.46. The first-order valence-corrected chi connectivity index (χ1v) is 15.3. The number of rotatable bonds is 6. The van der Waals surface area contributed by atoms with Crippen molar-refractivity contribution in [2.75, 3.05) is 37.0 Å². The number of anilines is 3. The van der Waals surface area contributed by atoms with Crippen LogP contribution in [0.1, 0.15) is 52.5 Å². The van der Waals surface area contributed by atoms with E-state index in [-0.39, 0.29) is 10.8 Å². The van der Waals surface area contributed by atoms with E-state index in [0.29, 0.717) is 31.1 Å². The summed E-state index contributed by atoms with van der Waals surface area (Å²) in [7, 11) is 1.69. The van der Waals surface area contributed by atoms with E-state index in [2.05, 4.69) is 83.1 Å². The molecule has 1 atom stereocenters. The van der Waals surface area contributed by atoms with Crippen LogP contribution in [0.3, 0.4) is 0 Å². The zero-order valence-corrected chi connectivity index (χ0v) is 25.4. The number of carboxylic acid groups (broad SMARTS) is 1.